The molecule has 3 rings (SSSR count). The second kappa shape index (κ2) is 6.28. The number of hydrogen-bond donors (Lipinski definition) is 1. The van der Waals surface area contributed by atoms with Crippen molar-refractivity contribution in [3.8, 4) is 5.69 Å². The maximum atomic E-state index is 14.7. The predicted octanol–water partition coefficient (Wildman–Crippen LogP) is 4.57. The Labute approximate surface area is 150 Å². The standard InChI is InChI=1S/C20H19ClFNO2/c1-20(2,3)13-9-12-7-8-23(19(25)18(12)16(22)10-13)17-6-4-5-15(21)14(17)11-24/h4-10,24H,11H2,1-3H3. The van der Waals surface area contributed by atoms with Crippen molar-refractivity contribution in [2.75, 3.05) is 0 Å². The van der Waals surface area contributed by atoms with Gasteiger partial charge in [-0.2, -0.15) is 0 Å². The number of nitrogens with zero attached hydrogens (tertiary/aromatic N) is 1. The molecule has 25 heavy (non-hydrogen) atoms. The first-order chi connectivity index (χ1) is 11.7. The van der Waals surface area contributed by atoms with Crippen LogP contribution in [0.5, 0.6) is 0 Å². The van der Waals surface area contributed by atoms with Crippen molar-refractivity contribution in [2.24, 2.45) is 0 Å². The van der Waals surface area contributed by atoms with Gasteiger partial charge in [0.2, 0.25) is 0 Å². The van der Waals surface area contributed by atoms with Gasteiger partial charge in [-0.05, 0) is 40.6 Å². The van der Waals surface area contributed by atoms with Gasteiger partial charge in [-0.3, -0.25) is 9.36 Å². The lowest BCUT2D eigenvalue weighted by atomic mass is 9.86. The fraction of sp³-hybridized carbons (Fsp3) is 0.250. The first kappa shape index (κ1) is 17.6. The van der Waals surface area contributed by atoms with Crippen LogP contribution in [0, 0.1) is 5.82 Å². The summed E-state index contributed by atoms with van der Waals surface area (Å²) in [6.45, 7) is 5.67. The Morgan fingerprint density at radius 3 is 2.56 bits per heavy atom. The van der Waals surface area contributed by atoms with Crippen molar-refractivity contribution in [1.29, 1.82) is 0 Å². The van der Waals surface area contributed by atoms with Crippen LogP contribution in [0.1, 0.15) is 31.9 Å². The number of halogens is 2. The Morgan fingerprint density at radius 2 is 1.92 bits per heavy atom. The van der Waals surface area contributed by atoms with Crippen LogP contribution in [0.4, 0.5) is 4.39 Å². The van der Waals surface area contributed by atoms with E-state index in [1.54, 1.807) is 30.5 Å². The molecule has 2 aromatic carbocycles. The molecule has 0 saturated carbocycles. The SMILES string of the molecule is CC(C)(C)c1cc(F)c2c(=O)n(-c3cccc(Cl)c3CO)ccc2c1. The number of aliphatic hydroxyl groups excluding tert-OH is 1. The Morgan fingerprint density at radius 1 is 1.20 bits per heavy atom. The summed E-state index contributed by atoms with van der Waals surface area (Å²) in [5.41, 5.74) is 1.00. The Bertz CT molecular complexity index is 1020. The molecule has 0 aliphatic rings. The summed E-state index contributed by atoms with van der Waals surface area (Å²) in [5.74, 6) is -0.547. The lowest BCUT2D eigenvalue weighted by Gasteiger charge is -2.20. The van der Waals surface area contributed by atoms with E-state index in [0.29, 0.717) is 21.7 Å². The van der Waals surface area contributed by atoms with E-state index in [9.17, 15) is 14.3 Å². The monoisotopic (exact) mass is 359 g/mol. The van der Waals surface area contributed by atoms with Crippen molar-refractivity contribution in [2.45, 2.75) is 32.8 Å². The molecule has 0 aliphatic heterocycles. The zero-order valence-electron chi connectivity index (χ0n) is 14.3. The predicted molar refractivity (Wildman–Crippen MR) is 99.1 cm³/mol. The van der Waals surface area contributed by atoms with Crippen LogP contribution in [0.2, 0.25) is 5.02 Å². The molecule has 5 heteroatoms. The average molecular weight is 360 g/mol. The molecule has 0 aliphatic carbocycles. The molecular weight excluding hydrogens is 341 g/mol. The maximum Gasteiger partial charge on any atom is 0.265 e. The van der Waals surface area contributed by atoms with E-state index in [4.69, 9.17) is 11.6 Å². The van der Waals surface area contributed by atoms with Crippen LogP contribution in [0.15, 0.2) is 47.4 Å². The van der Waals surface area contributed by atoms with Crippen molar-refractivity contribution in [3.05, 3.63) is 74.9 Å². The largest absolute Gasteiger partial charge is 0.392 e. The molecule has 1 aromatic heterocycles. The van der Waals surface area contributed by atoms with Crippen LogP contribution in [0.3, 0.4) is 0 Å². The second-order valence-corrected chi connectivity index (χ2v) is 7.47. The van der Waals surface area contributed by atoms with Gasteiger partial charge >= 0.3 is 0 Å². The van der Waals surface area contributed by atoms with Crippen molar-refractivity contribution in [1.82, 2.24) is 4.57 Å². The van der Waals surface area contributed by atoms with E-state index in [2.05, 4.69) is 0 Å². The number of pyridine rings is 1. The van der Waals surface area contributed by atoms with Gasteiger partial charge < -0.3 is 5.11 Å². The third-order valence-electron chi connectivity index (χ3n) is 4.33. The van der Waals surface area contributed by atoms with Gasteiger partial charge in [0.15, 0.2) is 0 Å². The second-order valence-electron chi connectivity index (χ2n) is 7.06. The molecule has 130 valence electrons. The number of benzene rings is 2. The normalized spacial score (nSPS) is 11.9. The molecule has 0 unspecified atom stereocenters. The molecule has 3 aromatic rings. The van der Waals surface area contributed by atoms with Crippen LogP contribution in [-0.4, -0.2) is 9.67 Å². The van der Waals surface area contributed by atoms with E-state index in [0.717, 1.165) is 5.56 Å². The van der Waals surface area contributed by atoms with Gasteiger partial charge in [0, 0.05) is 16.8 Å². The molecule has 3 nitrogen and oxygen atoms in total. The summed E-state index contributed by atoms with van der Waals surface area (Å²) in [6.07, 6.45) is 1.58. The molecule has 0 fully saturated rings. The van der Waals surface area contributed by atoms with Crippen LogP contribution in [-0.2, 0) is 12.0 Å². The fourth-order valence-electron chi connectivity index (χ4n) is 2.88. The number of aliphatic hydroxyl groups is 1. The minimum Gasteiger partial charge on any atom is -0.392 e. The van der Waals surface area contributed by atoms with Crippen LogP contribution >= 0.6 is 11.6 Å². The molecule has 0 radical (unpaired) electrons. The Balaban J connectivity index is 2.32. The zero-order chi connectivity index (χ0) is 18.4. The van der Waals surface area contributed by atoms with E-state index in [-0.39, 0.29) is 17.4 Å². The Hall–Kier alpha value is -2.17. The van der Waals surface area contributed by atoms with E-state index in [1.165, 1.54) is 10.6 Å². The van der Waals surface area contributed by atoms with Gasteiger partial charge in [-0.25, -0.2) is 4.39 Å². The zero-order valence-corrected chi connectivity index (χ0v) is 15.1. The quantitative estimate of drug-likeness (QED) is 0.728. The molecule has 0 spiro atoms. The molecular formula is C20H19ClFNO2. The van der Waals surface area contributed by atoms with Crippen LogP contribution in [0.25, 0.3) is 16.5 Å². The summed E-state index contributed by atoms with van der Waals surface area (Å²) in [6, 6.07) is 9.96. The third kappa shape index (κ3) is 3.08. The smallest absolute Gasteiger partial charge is 0.265 e. The number of hydrogen-bond acceptors (Lipinski definition) is 2. The molecule has 0 amide bonds. The number of aromatic nitrogens is 1. The van der Waals surface area contributed by atoms with E-state index < -0.39 is 11.4 Å². The van der Waals surface area contributed by atoms with Crippen molar-refractivity contribution in [3.63, 3.8) is 0 Å². The summed E-state index contributed by atoms with van der Waals surface area (Å²) in [5, 5.41) is 10.5. The van der Waals surface area contributed by atoms with Crippen LogP contribution < -0.4 is 5.56 Å². The summed E-state index contributed by atoms with van der Waals surface area (Å²) >= 11 is 6.10. The molecule has 1 N–H and O–H groups in total. The minimum atomic E-state index is -0.547. The number of rotatable bonds is 2. The third-order valence-corrected chi connectivity index (χ3v) is 4.69. The first-order valence-corrected chi connectivity index (χ1v) is 8.36. The first-order valence-electron chi connectivity index (χ1n) is 7.98. The van der Waals surface area contributed by atoms with Gasteiger partial charge in [0.25, 0.3) is 5.56 Å². The van der Waals surface area contributed by atoms with Crippen molar-refractivity contribution >= 4 is 22.4 Å². The van der Waals surface area contributed by atoms with E-state index in [1.807, 2.05) is 26.8 Å². The van der Waals surface area contributed by atoms with Gasteiger partial charge in [0.05, 0.1) is 17.7 Å². The minimum absolute atomic E-state index is 0.0272. The average Bonchev–Trinajstić information content (AvgIpc) is 2.53. The van der Waals surface area contributed by atoms with Crippen molar-refractivity contribution < 1.29 is 9.50 Å². The van der Waals surface area contributed by atoms with Gasteiger partial charge in [-0.15, -0.1) is 0 Å². The Kier molecular flexibility index (Phi) is 4.43. The molecule has 0 saturated heterocycles. The highest BCUT2D eigenvalue weighted by molar-refractivity contribution is 6.31. The topological polar surface area (TPSA) is 42.2 Å². The fourth-order valence-corrected chi connectivity index (χ4v) is 3.11. The summed E-state index contributed by atoms with van der Waals surface area (Å²) < 4.78 is 16.0. The number of fused-ring (bicyclic) bond motifs is 1. The molecule has 1 heterocycles. The summed E-state index contributed by atoms with van der Waals surface area (Å²) in [4.78, 5) is 12.9. The maximum absolute atomic E-state index is 14.7. The van der Waals surface area contributed by atoms with Gasteiger partial charge in [-0.1, -0.05) is 44.5 Å². The van der Waals surface area contributed by atoms with E-state index >= 15 is 0 Å². The molecule has 0 atom stereocenters. The van der Waals surface area contributed by atoms with Gasteiger partial charge in [0.1, 0.15) is 5.82 Å². The lowest BCUT2D eigenvalue weighted by Crippen LogP contribution is -2.21. The highest BCUT2D eigenvalue weighted by Crippen LogP contribution is 2.28. The highest BCUT2D eigenvalue weighted by Gasteiger charge is 2.19. The highest BCUT2D eigenvalue weighted by atomic mass is 35.5. The summed E-state index contributed by atoms with van der Waals surface area (Å²) in [7, 11) is 0. The lowest BCUT2D eigenvalue weighted by molar-refractivity contribution is 0.281. The molecule has 0 bridgehead atoms.